The number of nitrogens with zero attached hydrogens (tertiary/aromatic N) is 2. The van der Waals surface area contributed by atoms with Crippen LogP contribution in [-0.4, -0.2) is 23.6 Å². The van der Waals surface area contributed by atoms with E-state index in [1.54, 1.807) is 25.6 Å². The third-order valence-electron chi connectivity index (χ3n) is 2.97. The summed E-state index contributed by atoms with van der Waals surface area (Å²) in [6.45, 7) is 2.93. The number of benzene rings is 1. The van der Waals surface area contributed by atoms with E-state index in [1.165, 1.54) is 0 Å². The Kier molecular flexibility index (Phi) is 5.79. The van der Waals surface area contributed by atoms with Crippen LogP contribution in [0.5, 0.6) is 5.88 Å². The lowest BCUT2D eigenvalue weighted by Gasteiger charge is -2.20. The molecule has 0 bridgehead atoms. The van der Waals surface area contributed by atoms with Crippen LogP contribution < -0.4 is 10.1 Å². The molecule has 1 N–H and O–H groups in total. The van der Waals surface area contributed by atoms with Crippen molar-refractivity contribution in [1.82, 2.24) is 15.3 Å². The van der Waals surface area contributed by atoms with Crippen molar-refractivity contribution in [3.05, 3.63) is 51.9 Å². The van der Waals surface area contributed by atoms with Gasteiger partial charge in [-0.2, -0.15) is 0 Å². The van der Waals surface area contributed by atoms with Crippen molar-refractivity contribution in [3.63, 3.8) is 0 Å². The molecule has 0 radical (unpaired) electrons. The molecule has 1 aromatic heterocycles. The fraction of sp³-hybridized carbons (Fsp3) is 0.333. The van der Waals surface area contributed by atoms with Gasteiger partial charge in [-0.15, -0.1) is 0 Å². The largest absolute Gasteiger partial charge is 0.480 e. The highest BCUT2D eigenvalue weighted by molar-refractivity contribution is 6.34. The lowest BCUT2D eigenvalue weighted by Crippen LogP contribution is -2.25. The normalized spacial score (nSPS) is 12.2. The van der Waals surface area contributed by atoms with Gasteiger partial charge in [-0.25, -0.2) is 4.98 Å². The molecule has 112 valence electrons. The SMILES string of the molecule is CCCNC(c1cc(Cl)cc(Cl)c1)c1nccnc1OC. The van der Waals surface area contributed by atoms with Gasteiger partial charge in [0.05, 0.1) is 13.2 Å². The Morgan fingerprint density at radius 1 is 1.14 bits per heavy atom. The second kappa shape index (κ2) is 7.59. The average Bonchev–Trinajstić information content (AvgIpc) is 2.47. The molecule has 0 aliphatic rings. The summed E-state index contributed by atoms with van der Waals surface area (Å²) in [5, 5.41) is 4.60. The van der Waals surface area contributed by atoms with Gasteiger partial charge >= 0.3 is 0 Å². The van der Waals surface area contributed by atoms with E-state index in [0.29, 0.717) is 21.6 Å². The highest BCUT2D eigenvalue weighted by Crippen LogP contribution is 2.30. The minimum absolute atomic E-state index is 0.176. The first kappa shape index (κ1) is 16.0. The maximum atomic E-state index is 6.11. The van der Waals surface area contributed by atoms with Gasteiger partial charge < -0.3 is 10.1 Å². The summed E-state index contributed by atoms with van der Waals surface area (Å²) in [6.07, 6.45) is 4.24. The molecule has 0 amide bonds. The lowest BCUT2D eigenvalue weighted by atomic mass is 10.0. The van der Waals surface area contributed by atoms with Gasteiger partial charge in [0.2, 0.25) is 5.88 Å². The molecule has 2 rings (SSSR count). The topological polar surface area (TPSA) is 47.0 Å². The molecular weight excluding hydrogens is 309 g/mol. The van der Waals surface area contributed by atoms with Crippen LogP contribution in [-0.2, 0) is 0 Å². The predicted octanol–water partition coefficient (Wildman–Crippen LogP) is 3.88. The van der Waals surface area contributed by atoms with E-state index in [1.807, 2.05) is 12.1 Å². The van der Waals surface area contributed by atoms with Crippen molar-refractivity contribution in [2.75, 3.05) is 13.7 Å². The summed E-state index contributed by atoms with van der Waals surface area (Å²) >= 11 is 12.2. The Morgan fingerprint density at radius 2 is 1.81 bits per heavy atom. The zero-order valence-corrected chi connectivity index (χ0v) is 13.4. The summed E-state index contributed by atoms with van der Waals surface area (Å²) < 4.78 is 5.31. The third kappa shape index (κ3) is 4.06. The Balaban J connectivity index is 2.46. The molecular formula is C15H17Cl2N3O. The maximum absolute atomic E-state index is 6.11. The van der Waals surface area contributed by atoms with E-state index >= 15 is 0 Å². The molecule has 0 aliphatic heterocycles. The first-order valence-corrected chi connectivity index (χ1v) is 7.45. The van der Waals surface area contributed by atoms with Crippen LogP contribution in [0.2, 0.25) is 10.0 Å². The van der Waals surface area contributed by atoms with Gasteiger partial charge in [-0.3, -0.25) is 4.98 Å². The Hall–Kier alpha value is -1.36. The fourth-order valence-corrected chi connectivity index (χ4v) is 2.64. The molecule has 0 saturated heterocycles. The highest BCUT2D eigenvalue weighted by Gasteiger charge is 2.20. The summed E-state index contributed by atoms with van der Waals surface area (Å²) in [4.78, 5) is 8.61. The highest BCUT2D eigenvalue weighted by atomic mass is 35.5. The Morgan fingerprint density at radius 3 is 2.43 bits per heavy atom. The van der Waals surface area contributed by atoms with E-state index in [4.69, 9.17) is 27.9 Å². The van der Waals surface area contributed by atoms with E-state index in [-0.39, 0.29) is 6.04 Å². The molecule has 6 heteroatoms. The van der Waals surface area contributed by atoms with Crippen LogP contribution >= 0.6 is 23.2 Å². The fourth-order valence-electron chi connectivity index (χ4n) is 2.09. The minimum atomic E-state index is -0.176. The zero-order chi connectivity index (χ0) is 15.2. The standard InChI is InChI=1S/C15H17Cl2N3O/c1-3-4-18-13(10-7-11(16)9-12(17)8-10)14-15(21-2)20-6-5-19-14/h5-9,13,18H,3-4H2,1-2H3. The number of hydrogen-bond donors (Lipinski definition) is 1. The second-order valence-corrected chi connectivity index (χ2v) is 5.41. The van der Waals surface area contributed by atoms with Gasteiger partial charge in [-0.05, 0) is 36.7 Å². The molecule has 2 aromatic rings. The smallest absolute Gasteiger partial charge is 0.237 e. The summed E-state index contributed by atoms with van der Waals surface area (Å²) in [7, 11) is 1.58. The number of nitrogens with one attached hydrogen (secondary N) is 1. The third-order valence-corrected chi connectivity index (χ3v) is 3.41. The predicted molar refractivity (Wildman–Crippen MR) is 85.2 cm³/mol. The molecule has 1 heterocycles. The molecule has 1 unspecified atom stereocenters. The molecule has 0 aliphatic carbocycles. The Bertz CT molecular complexity index is 587. The number of methoxy groups -OCH3 is 1. The zero-order valence-electron chi connectivity index (χ0n) is 11.9. The Labute approximate surface area is 134 Å². The van der Waals surface area contributed by atoms with Crippen LogP contribution in [0.15, 0.2) is 30.6 Å². The maximum Gasteiger partial charge on any atom is 0.237 e. The first-order chi connectivity index (χ1) is 10.2. The van der Waals surface area contributed by atoms with Gasteiger partial charge in [0, 0.05) is 22.4 Å². The summed E-state index contributed by atoms with van der Waals surface area (Å²) in [5.41, 5.74) is 1.64. The van der Waals surface area contributed by atoms with Crippen molar-refractivity contribution in [3.8, 4) is 5.88 Å². The van der Waals surface area contributed by atoms with Gasteiger partial charge in [0.1, 0.15) is 5.69 Å². The van der Waals surface area contributed by atoms with Crippen LogP contribution in [0.1, 0.15) is 30.6 Å². The monoisotopic (exact) mass is 325 g/mol. The van der Waals surface area contributed by atoms with Crippen LogP contribution in [0, 0.1) is 0 Å². The van der Waals surface area contributed by atoms with Crippen LogP contribution in [0.4, 0.5) is 0 Å². The number of halogens is 2. The molecule has 21 heavy (non-hydrogen) atoms. The van der Waals surface area contributed by atoms with Crippen LogP contribution in [0.3, 0.4) is 0 Å². The van der Waals surface area contributed by atoms with Crippen molar-refractivity contribution >= 4 is 23.2 Å². The molecule has 1 aromatic carbocycles. The van der Waals surface area contributed by atoms with E-state index in [9.17, 15) is 0 Å². The van der Waals surface area contributed by atoms with Gasteiger partial charge in [0.25, 0.3) is 0 Å². The van der Waals surface area contributed by atoms with Gasteiger partial charge in [0.15, 0.2) is 0 Å². The summed E-state index contributed by atoms with van der Waals surface area (Å²) in [6, 6.07) is 5.27. The molecule has 1 atom stereocenters. The second-order valence-electron chi connectivity index (χ2n) is 4.54. The van der Waals surface area contributed by atoms with Crippen molar-refractivity contribution in [2.45, 2.75) is 19.4 Å². The first-order valence-electron chi connectivity index (χ1n) is 6.70. The number of hydrogen-bond acceptors (Lipinski definition) is 4. The molecule has 0 fully saturated rings. The van der Waals surface area contributed by atoms with E-state index in [2.05, 4.69) is 22.2 Å². The van der Waals surface area contributed by atoms with E-state index in [0.717, 1.165) is 18.5 Å². The van der Waals surface area contributed by atoms with Gasteiger partial charge in [-0.1, -0.05) is 30.1 Å². The molecule has 4 nitrogen and oxygen atoms in total. The number of rotatable bonds is 6. The van der Waals surface area contributed by atoms with Crippen molar-refractivity contribution < 1.29 is 4.74 Å². The van der Waals surface area contributed by atoms with Crippen molar-refractivity contribution in [2.24, 2.45) is 0 Å². The summed E-state index contributed by atoms with van der Waals surface area (Å²) in [5.74, 6) is 0.488. The lowest BCUT2D eigenvalue weighted by molar-refractivity contribution is 0.382. The van der Waals surface area contributed by atoms with Crippen molar-refractivity contribution in [1.29, 1.82) is 0 Å². The molecule has 0 spiro atoms. The number of aromatic nitrogens is 2. The quantitative estimate of drug-likeness (QED) is 0.875. The van der Waals surface area contributed by atoms with E-state index < -0.39 is 0 Å². The number of ether oxygens (including phenoxy) is 1. The minimum Gasteiger partial charge on any atom is -0.480 e. The van der Waals surface area contributed by atoms with Crippen LogP contribution in [0.25, 0.3) is 0 Å². The molecule has 0 saturated carbocycles. The average molecular weight is 326 g/mol.